The molecule has 32 heavy (non-hydrogen) atoms. The van der Waals surface area contributed by atoms with Gasteiger partial charge in [-0.15, -0.1) is 0 Å². The average molecular weight is 426 g/mol. The van der Waals surface area contributed by atoms with Crippen molar-refractivity contribution in [1.82, 2.24) is 4.90 Å². The summed E-state index contributed by atoms with van der Waals surface area (Å²) in [7, 11) is 0. The van der Waals surface area contributed by atoms with Crippen molar-refractivity contribution in [2.24, 2.45) is 0 Å². The number of nitrogens with zero attached hydrogens (tertiary/aromatic N) is 2. The first-order valence-corrected chi connectivity index (χ1v) is 10.9. The lowest BCUT2D eigenvalue weighted by Crippen LogP contribution is -2.45. The predicted molar refractivity (Wildman–Crippen MR) is 120 cm³/mol. The summed E-state index contributed by atoms with van der Waals surface area (Å²) in [5, 5.41) is 9.84. The van der Waals surface area contributed by atoms with Crippen molar-refractivity contribution in [3.63, 3.8) is 0 Å². The first-order valence-electron chi connectivity index (χ1n) is 10.9. The molecule has 0 radical (unpaired) electrons. The van der Waals surface area contributed by atoms with Gasteiger partial charge in [0.25, 0.3) is 0 Å². The van der Waals surface area contributed by atoms with Crippen LogP contribution >= 0.6 is 0 Å². The molecule has 0 saturated carbocycles. The number of piperidine rings is 1. The van der Waals surface area contributed by atoms with Crippen LogP contribution in [0.25, 0.3) is 11.1 Å². The Morgan fingerprint density at radius 3 is 2.09 bits per heavy atom. The number of carbonyl (C=O) groups is 1. The van der Waals surface area contributed by atoms with Crippen molar-refractivity contribution in [3.8, 4) is 17.2 Å². The second kappa shape index (κ2) is 8.12. The lowest BCUT2D eigenvalue weighted by molar-refractivity contribution is 0.0859. The summed E-state index contributed by atoms with van der Waals surface area (Å²) in [5.41, 5.74) is 4.85. The van der Waals surface area contributed by atoms with Crippen LogP contribution in [-0.2, 0) is 10.2 Å². The van der Waals surface area contributed by atoms with Gasteiger partial charge >= 0.3 is 6.09 Å². The Bertz CT molecular complexity index is 1150. The molecule has 5 rings (SSSR count). The summed E-state index contributed by atoms with van der Waals surface area (Å²) in [6, 6.07) is 25.0. The Morgan fingerprint density at radius 2 is 1.53 bits per heavy atom. The maximum atomic E-state index is 13.3. The van der Waals surface area contributed by atoms with Crippen LogP contribution in [0.4, 0.5) is 9.18 Å². The molecule has 2 aliphatic rings. The van der Waals surface area contributed by atoms with E-state index in [4.69, 9.17) is 4.74 Å². The van der Waals surface area contributed by atoms with Gasteiger partial charge in [-0.1, -0.05) is 60.7 Å². The number of hydrogen-bond donors (Lipinski definition) is 0. The molecule has 0 N–H and O–H groups in total. The van der Waals surface area contributed by atoms with Gasteiger partial charge in [0.15, 0.2) is 0 Å². The largest absolute Gasteiger partial charge is 0.448 e. The zero-order chi connectivity index (χ0) is 22.1. The maximum Gasteiger partial charge on any atom is 0.409 e. The molecule has 0 unspecified atom stereocenters. The van der Waals surface area contributed by atoms with E-state index in [-0.39, 0.29) is 24.4 Å². The van der Waals surface area contributed by atoms with E-state index >= 15 is 0 Å². The van der Waals surface area contributed by atoms with E-state index in [0.717, 1.165) is 5.56 Å². The minimum absolute atomic E-state index is 0.0218. The summed E-state index contributed by atoms with van der Waals surface area (Å²) in [4.78, 5) is 14.5. The topological polar surface area (TPSA) is 53.3 Å². The van der Waals surface area contributed by atoms with Crippen LogP contribution < -0.4 is 0 Å². The Kier molecular flexibility index (Phi) is 5.14. The van der Waals surface area contributed by atoms with E-state index in [1.165, 1.54) is 34.4 Å². The fourth-order valence-electron chi connectivity index (χ4n) is 4.99. The van der Waals surface area contributed by atoms with Gasteiger partial charge in [0.05, 0.1) is 11.5 Å². The maximum absolute atomic E-state index is 13.3. The van der Waals surface area contributed by atoms with Crippen LogP contribution in [0.5, 0.6) is 0 Å². The number of fused-ring (bicyclic) bond motifs is 3. The molecule has 0 bridgehead atoms. The zero-order valence-electron chi connectivity index (χ0n) is 17.6. The van der Waals surface area contributed by atoms with E-state index in [1.54, 1.807) is 17.0 Å². The second-order valence-corrected chi connectivity index (χ2v) is 8.49. The number of benzene rings is 3. The van der Waals surface area contributed by atoms with Crippen molar-refractivity contribution in [3.05, 3.63) is 95.3 Å². The van der Waals surface area contributed by atoms with Gasteiger partial charge in [-0.2, -0.15) is 5.26 Å². The van der Waals surface area contributed by atoms with Crippen LogP contribution in [0, 0.1) is 17.1 Å². The monoisotopic (exact) mass is 426 g/mol. The van der Waals surface area contributed by atoms with Gasteiger partial charge in [-0.3, -0.25) is 0 Å². The molecule has 3 aromatic carbocycles. The fourth-order valence-corrected chi connectivity index (χ4v) is 4.99. The smallest absolute Gasteiger partial charge is 0.409 e. The molecule has 0 spiro atoms. The lowest BCUT2D eigenvalue weighted by Gasteiger charge is -2.37. The van der Waals surface area contributed by atoms with Gasteiger partial charge in [0, 0.05) is 19.0 Å². The quantitative estimate of drug-likeness (QED) is 0.545. The number of halogens is 1. The molecule has 1 amide bonds. The molecule has 1 saturated heterocycles. The van der Waals surface area contributed by atoms with E-state index < -0.39 is 5.41 Å². The first-order chi connectivity index (χ1) is 15.6. The van der Waals surface area contributed by atoms with Crippen LogP contribution in [0.3, 0.4) is 0 Å². The number of carbonyl (C=O) groups excluding carboxylic acids is 1. The van der Waals surface area contributed by atoms with Crippen molar-refractivity contribution >= 4 is 6.09 Å². The van der Waals surface area contributed by atoms with Crippen molar-refractivity contribution in [1.29, 1.82) is 5.26 Å². The standard InChI is InChI=1S/C27H23FN2O2/c28-20-11-9-19(10-12-20)27(18-29)13-15-30(16-14-27)26(31)32-17-25-23-7-3-1-5-21(23)22-6-2-4-8-24(22)25/h1-12,25H,13-17H2. The van der Waals surface area contributed by atoms with Gasteiger partial charge in [0.1, 0.15) is 12.4 Å². The van der Waals surface area contributed by atoms with E-state index in [9.17, 15) is 14.4 Å². The molecule has 160 valence electrons. The Hall–Kier alpha value is -3.65. The Morgan fingerprint density at radius 1 is 0.969 bits per heavy atom. The zero-order valence-corrected chi connectivity index (χ0v) is 17.6. The lowest BCUT2D eigenvalue weighted by atomic mass is 9.74. The van der Waals surface area contributed by atoms with Crippen LogP contribution in [0.15, 0.2) is 72.8 Å². The molecule has 0 aromatic heterocycles. The number of amides is 1. The van der Waals surface area contributed by atoms with Crippen molar-refractivity contribution in [2.75, 3.05) is 19.7 Å². The average Bonchev–Trinajstić information content (AvgIpc) is 3.17. The third-order valence-electron chi connectivity index (χ3n) is 6.82. The summed E-state index contributed by atoms with van der Waals surface area (Å²) >= 11 is 0. The minimum atomic E-state index is -0.701. The summed E-state index contributed by atoms with van der Waals surface area (Å²) in [6.45, 7) is 1.15. The summed E-state index contributed by atoms with van der Waals surface area (Å²) < 4.78 is 19.1. The highest BCUT2D eigenvalue weighted by molar-refractivity contribution is 5.79. The third-order valence-corrected chi connectivity index (χ3v) is 6.82. The Labute approximate surface area is 186 Å². The highest BCUT2D eigenvalue weighted by Crippen LogP contribution is 2.44. The number of nitriles is 1. The second-order valence-electron chi connectivity index (χ2n) is 8.49. The van der Waals surface area contributed by atoms with Gasteiger partial charge in [0.2, 0.25) is 0 Å². The van der Waals surface area contributed by atoms with Crippen LogP contribution in [0.1, 0.15) is 35.4 Å². The van der Waals surface area contributed by atoms with E-state index in [1.807, 2.05) is 24.3 Å². The molecule has 4 nitrogen and oxygen atoms in total. The number of likely N-dealkylation sites (tertiary alicyclic amines) is 1. The summed E-state index contributed by atoms with van der Waals surface area (Å²) in [6.07, 6.45) is 0.649. The highest BCUT2D eigenvalue weighted by Gasteiger charge is 2.38. The molecular formula is C27H23FN2O2. The van der Waals surface area contributed by atoms with E-state index in [2.05, 4.69) is 30.3 Å². The molecule has 3 aromatic rings. The summed E-state index contributed by atoms with van der Waals surface area (Å²) in [5.74, 6) is -0.300. The molecule has 5 heteroatoms. The van der Waals surface area contributed by atoms with Crippen molar-refractivity contribution < 1.29 is 13.9 Å². The van der Waals surface area contributed by atoms with Crippen molar-refractivity contribution in [2.45, 2.75) is 24.2 Å². The Balaban J connectivity index is 1.25. The molecule has 1 fully saturated rings. The molecule has 1 aliphatic heterocycles. The minimum Gasteiger partial charge on any atom is -0.448 e. The molecule has 0 atom stereocenters. The van der Waals surface area contributed by atoms with Crippen LogP contribution in [0.2, 0.25) is 0 Å². The number of rotatable bonds is 3. The van der Waals surface area contributed by atoms with Gasteiger partial charge < -0.3 is 9.64 Å². The molecule has 1 heterocycles. The number of hydrogen-bond acceptors (Lipinski definition) is 3. The molecular weight excluding hydrogens is 403 g/mol. The fraction of sp³-hybridized carbons (Fsp3) is 0.259. The third kappa shape index (κ3) is 3.42. The van der Waals surface area contributed by atoms with E-state index in [0.29, 0.717) is 25.9 Å². The molecule has 1 aliphatic carbocycles. The van der Waals surface area contributed by atoms with Gasteiger partial charge in [-0.25, -0.2) is 9.18 Å². The highest BCUT2D eigenvalue weighted by atomic mass is 19.1. The predicted octanol–water partition coefficient (Wildman–Crippen LogP) is 5.63. The van der Waals surface area contributed by atoms with Gasteiger partial charge in [-0.05, 0) is 52.8 Å². The number of ether oxygens (including phenoxy) is 1. The first kappa shape index (κ1) is 20.3. The van der Waals surface area contributed by atoms with Crippen LogP contribution in [-0.4, -0.2) is 30.7 Å². The normalized spacial score (nSPS) is 16.7. The SMILES string of the molecule is N#CC1(c2ccc(F)cc2)CCN(C(=O)OCC2c3ccccc3-c3ccccc32)CC1.